The van der Waals surface area contributed by atoms with E-state index in [0.717, 1.165) is 0 Å². The highest BCUT2D eigenvalue weighted by molar-refractivity contribution is 9.10. The number of ether oxygens (including phenoxy) is 1. The summed E-state index contributed by atoms with van der Waals surface area (Å²) in [5.41, 5.74) is 0.0751. The normalized spacial score (nSPS) is 15.8. The summed E-state index contributed by atoms with van der Waals surface area (Å²) in [7, 11) is 0. The number of benzene rings is 1. The number of nitro groups is 1. The van der Waals surface area contributed by atoms with Gasteiger partial charge in [-0.1, -0.05) is 15.9 Å². The van der Waals surface area contributed by atoms with E-state index in [1.807, 2.05) is 4.90 Å². The number of rotatable bonds is 4. The SMILES string of the molecule is O=C(CN1CCOCC1)Nc1ccc(Br)cc1[N+](=O)[O-]. The number of anilines is 1. The molecular weight excluding hydrogens is 330 g/mol. The van der Waals surface area contributed by atoms with E-state index >= 15 is 0 Å². The summed E-state index contributed by atoms with van der Waals surface area (Å²) < 4.78 is 5.79. The highest BCUT2D eigenvalue weighted by Crippen LogP contribution is 2.27. The van der Waals surface area contributed by atoms with Crippen LogP contribution in [0, 0.1) is 10.1 Å². The molecule has 0 unspecified atom stereocenters. The maximum Gasteiger partial charge on any atom is 0.293 e. The van der Waals surface area contributed by atoms with Gasteiger partial charge in [0.05, 0.1) is 24.7 Å². The zero-order chi connectivity index (χ0) is 14.5. The molecule has 0 aromatic heterocycles. The lowest BCUT2D eigenvalue weighted by Crippen LogP contribution is -2.41. The molecular formula is C12H14BrN3O4. The Morgan fingerprint density at radius 1 is 1.45 bits per heavy atom. The van der Waals surface area contributed by atoms with Gasteiger partial charge in [0.1, 0.15) is 5.69 Å². The lowest BCUT2D eigenvalue weighted by atomic mass is 10.2. The van der Waals surface area contributed by atoms with Crippen LogP contribution in [0.2, 0.25) is 0 Å². The first-order chi connectivity index (χ1) is 9.56. The topological polar surface area (TPSA) is 84.7 Å². The number of hydrogen-bond donors (Lipinski definition) is 1. The van der Waals surface area contributed by atoms with Crippen LogP contribution in [0.1, 0.15) is 0 Å². The van der Waals surface area contributed by atoms with E-state index in [1.54, 1.807) is 6.07 Å². The first-order valence-electron chi connectivity index (χ1n) is 6.10. The average Bonchev–Trinajstić information content (AvgIpc) is 2.41. The Bertz CT molecular complexity index is 517. The second-order valence-electron chi connectivity index (χ2n) is 4.36. The number of carbonyl (C=O) groups excluding carboxylic acids is 1. The van der Waals surface area contributed by atoms with Crippen LogP contribution >= 0.6 is 15.9 Å². The molecule has 1 aromatic carbocycles. The van der Waals surface area contributed by atoms with Gasteiger partial charge in [-0.15, -0.1) is 0 Å². The highest BCUT2D eigenvalue weighted by atomic mass is 79.9. The molecule has 1 N–H and O–H groups in total. The molecule has 1 aliphatic heterocycles. The standard InChI is InChI=1S/C12H14BrN3O4/c13-9-1-2-10(11(7-9)16(18)19)14-12(17)8-15-3-5-20-6-4-15/h1-2,7H,3-6,8H2,(H,14,17). The predicted octanol–water partition coefficient (Wildman–Crippen LogP) is 1.63. The number of amides is 1. The van der Waals surface area contributed by atoms with Crippen molar-refractivity contribution in [2.45, 2.75) is 0 Å². The zero-order valence-electron chi connectivity index (χ0n) is 10.7. The van der Waals surface area contributed by atoms with Gasteiger partial charge < -0.3 is 10.1 Å². The summed E-state index contributed by atoms with van der Waals surface area (Å²) in [4.78, 5) is 24.3. The van der Waals surface area contributed by atoms with Crippen LogP contribution in [-0.2, 0) is 9.53 Å². The van der Waals surface area contributed by atoms with Gasteiger partial charge in [-0.3, -0.25) is 19.8 Å². The number of carbonyl (C=O) groups is 1. The molecule has 0 atom stereocenters. The Morgan fingerprint density at radius 3 is 2.80 bits per heavy atom. The van der Waals surface area contributed by atoms with Crippen molar-refractivity contribution in [3.63, 3.8) is 0 Å². The Morgan fingerprint density at radius 2 is 2.15 bits per heavy atom. The Kier molecular flexibility index (Phi) is 5.05. The molecule has 20 heavy (non-hydrogen) atoms. The van der Waals surface area contributed by atoms with Gasteiger partial charge in [0.2, 0.25) is 5.91 Å². The predicted molar refractivity (Wildman–Crippen MR) is 76.7 cm³/mol. The van der Waals surface area contributed by atoms with Gasteiger partial charge in [-0.25, -0.2) is 0 Å². The Balaban J connectivity index is 2.01. The fourth-order valence-electron chi connectivity index (χ4n) is 1.91. The van der Waals surface area contributed by atoms with Gasteiger partial charge in [0.25, 0.3) is 5.69 Å². The molecule has 0 bridgehead atoms. The van der Waals surface area contributed by atoms with Crippen molar-refractivity contribution in [3.8, 4) is 0 Å². The van der Waals surface area contributed by atoms with Crippen LogP contribution in [0.25, 0.3) is 0 Å². The van der Waals surface area contributed by atoms with Crippen molar-refractivity contribution < 1.29 is 14.5 Å². The molecule has 1 aliphatic rings. The molecule has 0 radical (unpaired) electrons. The highest BCUT2D eigenvalue weighted by Gasteiger charge is 2.18. The van der Waals surface area contributed by atoms with Crippen LogP contribution < -0.4 is 5.32 Å². The van der Waals surface area contributed by atoms with Crippen LogP contribution in [0.15, 0.2) is 22.7 Å². The van der Waals surface area contributed by atoms with E-state index in [2.05, 4.69) is 21.2 Å². The number of nitro benzene ring substituents is 1. The lowest BCUT2D eigenvalue weighted by Gasteiger charge is -2.25. The van der Waals surface area contributed by atoms with Gasteiger partial charge in [0.15, 0.2) is 0 Å². The molecule has 1 amide bonds. The number of nitrogens with one attached hydrogen (secondary N) is 1. The number of nitrogens with zero attached hydrogens (tertiary/aromatic N) is 2. The van der Waals surface area contributed by atoms with Crippen LogP contribution in [-0.4, -0.2) is 48.6 Å². The fourth-order valence-corrected chi connectivity index (χ4v) is 2.26. The summed E-state index contributed by atoms with van der Waals surface area (Å²) in [6.07, 6.45) is 0. The van der Waals surface area contributed by atoms with E-state index < -0.39 is 4.92 Å². The minimum Gasteiger partial charge on any atom is -0.379 e. The third kappa shape index (κ3) is 3.99. The molecule has 1 saturated heterocycles. The van der Waals surface area contributed by atoms with Crippen molar-refractivity contribution in [2.75, 3.05) is 38.2 Å². The minimum atomic E-state index is -0.519. The number of halogens is 1. The third-order valence-corrected chi connectivity index (χ3v) is 3.39. The summed E-state index contributed by atoms with van der Waals surface area (Å²) in [5, 5.41) is 13.5. The second-order valence-corrected chi connectivity index (χ2v) is 5.27. The molecule has 0 aliphatic carbocycles. The van der Waals surface area contributed by atoms with E-state index in [0.29, 0.717) is 30.8 Å². The monoisotopic (exact) mass is 343 g/mol. The summed E-state index contributed by atoms with van der Waals surface area (Å²) in [6, 6.07) is 4.53. The number of morpholine rings is 1. The zero-order valence-corrected chi connectivity index (χ0v) is 12.3. The number of hydrogen-bond acceptors (Lipinski definition) is 5. The first kappa shape index (κ1) is 14.9. The quantitative estimate of drug-likeness (QED) is 0.663. The smallest absolute Gasteiger partial charge is 0.293 e. The van der Waals surface area contributed by atoms with E-state index in [4.69, 9.17) is 4.74 Å². The molecule has 108 valence electrons. The summed E-state index contributed by atoms with van der Waals surface area (Å²) in [6.45, 7) is 2.79. The summed E-state index contributed by atoms with van der Waals surface area (Å²) in [5.74, 6) is -0.266. The van der Waals surface area contributed by atoms with Crippen molar-refractivity contribution in [3.05, 3.63) is 32.8 Å². The largest absolute Gasteiger partial charge is 0.379 e. The first-order valence-corrected chi connectivity index (χ1v) is 6.89. The van der Waals surface area contributed by atoms with E-state index in [1.165, 1.54) is 12.1 Å². The third-order valence-electron chi connectivity index (χ3n) is 2.90. The Hall–Kier alpha value is -1.51. The molecule has 1 heterocycles. The molecule has 0 spiro atoms. The van der Waals surface area contributed by atoms with Crippen molar-refractivity contribution in [2.24, 2.45) is 0 Å². The van der Waals surface area contributed by atoms with Crippen molar-refractivity contribution in [1.29, 1.82) is 0 Å². The van der Waals surface area contributed by atoms with Crippen LogP contribution in [0.4, 0.5) is 11.4 Å². The molecule has 7 nitrogen and oxygen atoms in total. The second kappa shape index (κ2) is 6.78. The van der Waals surface area contributed by atoms with Crippen molar-refractivity contribution in [1.82, 2.24) is 4.90 Å². The maximum atomic E-state index is 11.9. The fraction of sp³-hybridized carbons (Fsp3) is 0.417. The minimum absolute atomic E-state index is 0.130. The molecule has 2 rings (SSSR count). The van der Waals surface area contributed by atoms with Gasteiger partial charge in [-0.05, 0) is 12.1 Å². The molecule has 1 fully saturated rings. The Labute approximate surface area is 124 Å². The maximum absolute atomic E-state index is 11.9. The van der Waals surface area contributed by atoms with Gasteiger partial charge >= 0.3 is 0 Å². The lowest BCUT2D eigenvalue weighted by molar-refractivity contribution is -0.384. The van der Waals surface area contributed by atoms with Gasteiger partial charge in [0, 0.05) is 23.6 Å². The van der Waals surface area contributed by atoms with Crippen LogP contribution in [0.5, 0.6) is 0 Å². The summed E-state index contributed by atoms with van der Waals surface area (Å²) >= 11 is 3.17. The van der Waals surface area contributed by atoms with Crippen LogP contribution in [0.3, 0.4) is 0 Å². The van der Waals surface area contributed by atoms with E-state index in [9.17, 15) is 14.9 Å². The molecule has 1 aromatic rings. The molecule has 0 saturated carbocycles. The molecule has 8 heteroatoms. The van der Waals surface area contributed by atoms with Crippen molar-refractivity contribution >= 4 is 33.2 Å². The average molecular weight is 344 g/mol. The van der Waals surface area contributed by atoms with Gasteiger partial charge in [-0.2, -0.15) is 0 Å². The van der Waals surface area contributed by atoms with E-state index in [-0.39, 0.29) is 23.8 Å².